The minimum absolute atomic E-state index is 0.223. The van der Waals surface area contributed by atoms with Crippen molar-refractivity contribution < 1.29 is 9.59 Å². The van der Waals surface area contributed by atoms with Gasteiger partial charge in [0.15, 0.2) is 0 Å². The summed E-state index contributed by atoms with van der Waals surface area (Å²) in [5.41, 5.74) is -0.336. The van der Waals surface area contributed by atoms with E-state index in [2.05, 4.69) is 20.9 Å². The molecule has 0 radical (unpaired) electrons. The fraction of sp³-hybridized carbons (Fsp3) is 0.875. The molecule has 6 heteroatoms. The predicted molar refractivity (Wildman–Crippen MR) is 86.6 cm³/mol. The zero-order valence-corrected chi connectivity index (χ0v) is 14.1. The van der Waals surface area contributed by atoms with E-state index < -0.39 is 6.03 Å². The van der Waals surface area contributed by atoms with Gasteiger partial charge in [-0.15, -0.1) is 0 Å². The number of likely N-dealkylation sites (tertiary alicyclic amines) is 1. The largest absolute Gasteiger partial charge is 0.333 e. The van der Waals surface area contributed by atoms with E-state index in [1.54, 1.807) is 0 Å². The molecule has 2 heterocycles. The second kappa shape index (κ2) is 7.42. The topological polar surface area (TPSA) is 73.5 Å². The molecule has 0 aromatic rings. The van der Waals surface area contributed by atoms with Gasteiger partial charge >= 0.3 is 6.03 Å². The second-order valence-corrected chi connectivity index (χ2v) is 7.57. The molecule has 0 aromatic carbocycles. The van der Waals surface area contributed by atoms with Gasteiger partial charge in [-0.2, -0.15) is 0 Å². The van der Waals surface area contributed by atoms with Crippen LogP contribution in [-0.2, 0) is 4.79 Å². The first kappa shape index (κ1) is 17.2. The van der Waals surface area contributed by atoms with Gasteiger partial charge in [0.1, 0.15) is 0 Å². The first-order valence-electron chi connectivity index (χ1n) is 8.41. The Bertz CT molecular complexity index is 391. The Balaban J connectivity index is 1.67. The maximum Gasteiger partial charge on any atom is 0.321 e. The molecule has 2 aliphatic rings. The van der Waals surface area contributed by atoms with Crippen LogP contribution in [0.5, 0.6) is 0 Å². The third-order valence-corrected chi connectivity index (χ3v) is 4.41. The predicted octanol–water partition coefficient (Wildman–Crippen LogP) is 1.07. The molecule has 3 amide bonds. The third-order valence-electron chi connectivity index (χ3n) is 4.41. The number of urea groups is 1. The summed E-state index contributed by atoms with van der Waals surface area (Å²) in [6, 6.07) is 0.260. The summed E-state index contributed by atoms with van der Waals surface area (Å²) < 4.78 is 0. The van der Waals surface area contributed by atoms with E-state index in [1.165, 1.54) is 12.8 Å². The van der Waals surface area contributed by atoms with Crippen LogP contribution in [0.2, 0.25) is 0 Å². The Hall–Kier alpha value is -1.14. The SMILES string of the molecule is CC(C)(C)NC(=O)NC(=O)CN1CCC(C2CCCN2)CC1. The van der Waals surface area contributed by atoms with Gasteiger partial charge in [-0.25, -0.2) is 4.79 Å². The van der Waals surface area contributed by atoms with Crippen molar-refractivity contribution in [2.75, 3.05) is 26.2 Å². The number of imide groups is 1. The molecule has 2 rings (SSSR count). The summed E-state index contributed by atoms with van der Waals surface area (Å²) in [5, 5.41) is 8.72. The Labute approximate surface area is 133 Å². The lowest BCUT2D eigenvalue weighted by atomic mass is 9.88. The summed E-state index contributed by atoms with van der Waals surface area (Å²) >= 11 is 0. The van der Waals surface area contributed by atoms with E-state index in [1.807, 2.05) is 20.8 Å². The highest BCUT2D eigenvalue weighted by molar-refractivity contribution is 5.95. The van der Waals surface area contributed by atoms with E-state index in [-0.39, 0.29) is 11.4 Å². The van der Waals surface area contributed by atoms with Gasteiger partial charge in [-0.05, 0) is 72.0 Å². The van der Waals surface area contributed by atoms with Gasteiger partial charge in [0.05, 0.1) is 6.54 Å². The van der Waals surface area contributed by atoms with Crippen LogP contribution >= 0.6 is 0 Å². The second-order valence-electron chi connectivity index (χ2n) is 7.57. The van der Waals surface area contributed by atoms with Crippen LogP contribution in [0.3, 0.4) is 0 Å². The number of hydrogen-bond acceptors (Lipinski definition) is 4. The maximum absolute atomic E-state index is 11.9. The van der Waals surface area contributed by atoms with Crippen LogP contribution in [0.1, 0.15) is 46.5 Å². The van der Waals surface area contributed by atoms with Gasteiger partial charge in [0.2, 0.25) is 5.91 Å². The zero-order valence-electron chi connectivity index (χ0n) is 14.1. The molecule has 0 aliphatic carbocycles. The highest BCUT2D eigenvalue weighted by Crippen LogP contribution is 2.25. The van der Waals surface area contributed by atoms with Gasteiger partial charge < -0.3 is 10.6 Å². The molecule has 6 nitrogen and oxygen atoms in total. The van der Waals surface area contributed by atoms with Gasteiger partial charge in [-0.1, -0.05) is 0 Å². The summed E-state index contributed by atoms with van der Waals surface area (Å²) in [7, 11) is 0. The highest BCUT2D eigenvalue weighted by Gasteiger charge is 2.29. The van der Waals surface area contributed by atoms with Crippen molar-refractivity contribution in [1.82, 2.24) is 20.9 Å². The number of piperidine rings is 1. The average molecular weight is 310 g/mol. The molecule has 2 saturated heterocycles. The van der Waals surface area contributed by atoms with Crippen molar-refractivity contribution in [3.63, 3.8) is 0 Å². The van der Waals surface area contributed by atoms with Crippen molar-refractivity contribution in [3.05, 3.63) is 0 Å². The van der Waals surface area contributed by atoms with Gasteiger partial charge in [0.25, 0.3) is 0 Å². The number of nitrogens with one attached hydrogen (secondary N) is 3. The van der Waals surface area contributed by atoms with Crippen molar-refractivity contribution in [2.24, 2.45) is 5.92 Å². The van der Waals surface area contributed by atoms with E-state index in [0.717, 1.165) is 38.4 Å². The van der Waals surface area contributed by atoms with Crippen molar-refractivity contribution in [1.29, 1.82) is 0 Å². The lowest BCUT2D eigenvalue weighted by Gasteiger charge is -2.34. The average Bonchev–Trinajstić information content (AvgIpc) is 2.90. The maximum atomic E-state index is 11.9. The molecule has 0 bridgehead atoms. The van der Waals surface area contributed by atoms with E-state index in [4.69, 9.17) is 0 Å². The number of hydrogen-bond donors (Lipinski definition) is 3. The van der Waals surface area contributed by atoms with Crippen LogP contribution in [0.4, 0.5) is 4.79 Å². The molecule has 2 aliphatic heterocycles. The first-order chi connectivity index (χ1) is 10.3. The van der Waals surface area contributed by atoms with Crippen LogP contribution in [-0.4, -0.2) is 54.6 Å². The zero-order chi connectivity index (χ0) is 16.2. The Morgan fingerprint density at radius 2 is 1.86 bits per heavy atom. The molecule has 3 N–H and O–H groups in total. The Morgan fingerprint density at radius 1 is 1.18 bits per heavy atom. The first-order valence-corrected chi connectivity index (χ1v) is 8.41. The summed E-state index contributed by atoms with van der Waals surface area (Å²) in [5.74, 6) is 0.519. The molecule has 1 unspecified atom stereocenters. The summed E-state index contributed by atoms with van der Waals surface area (Å²) in [4.78, 5) is 25.7. The molecule has 1 atom stereocenters. The molecule has 0 saturated carbocycles. The number of amides is 3. The molecular formula is C16H30N4O2. The third kappa shape index (κ3) is 5.57. The molecule has 22 heavy (non-hydrogen) atoms. The fourth-order valence-corrected chi connectivity index (χ4v) is 3.37. The summed E-state index contributed by atoms with van der Waals surface area (Å²) in [6.45, 7) is 9.00. The molecule has 0 aromatic heterocycles. The lowest BCUT2D eigenvalue weighted by Crippen LogP contribution is -2.51. The van der Waals surface area contributed by atoms with Crippen LogP contribution in [0, 0.1) is 5.92 Å². The number of rotatable bonds is 3. The van der Waals surface area contributed by atoms with E-state index >= 15 is 0 Å². The molecule has 2 fully saturated rings. The Kier molecular flexibility index (Phi) is 5.81. The van der Waals surface area contributed by atoms with Gasteiger partial charge in [0, 0.05) is 11.6 Å². The quantitative estimate of drug-likeness (QED) is 0.729. The van der Waals surface area contributed by atoms with Crippen LogP contribution < -0.4 is 16.0 Å². The minimum atomic E-state index is -0.414. The monoisotopic (exact) mass is 310 g/mol. The summed E-state index contributed by atoms with van der Waals surface area (Å²) in [6.07, 6.45) is 4.85. The van der Waals surface area contributed by atoms with Crippen LogP contribution in [0.15, 0.2) is 0 Å². The number of carbonyl (C=O) groups is 2. The standard InChI is InChI=1S/C16H30N4O2/c1-16(2,3)19-15(22)18-14(21)11-20-9-6-12(7-10-20)13-5-4-8-17-13/h12-13,17H,4-11H2,1-3H3,(H2,18,19,21,22). The van der Waals surface area contributed by atoms with E-state index in [0.29, 0.717) is 12.6 Å². The van der Waals surface area contributed by atoms with Crippen molar-refractivity contribution in [2.45, 2.75) is 58.0 Å². The lowest BCUT2D eigenvalue weighted by molar-refractivity contribution is -0.121. The van der Waals surface area contributed by atoms with Crippen molar-refractivity contribution in [3.8, 4) is 0 Å². The van der Waals surface area contributed by atoms with Crippen LogP contribution in [0.25, 0.3) is 0 Å². The smallest absolute Gasteiger partial charge is 0.321 e. The minimum Gasteiger partial charge on any atom is -0.333 e. The molecule has 0 spiro atoms. The van der Waals surface area contributed by atoms with Crippen molar-refractivity contribution >= 4 is 11.9 Å². The molecular weight excluding hydrogens is 280 g/mol. The fourth-order valence-electron chi connectivity index (χ4n) is 3.37. The Morgan fingerprint density at radius 3 is 2.41 bits per heavy atom. The van der Waals surface area contributed by atoms with E-state index in [9.17, 15) is 9.59 Å². The normalized spacial score (nSPS) is 24.2. The number of carbonyl (C=O) groups excluding carboxylic acids is 2. The number of nitrogens with zero attached hydrogens (tertiary/aromatic N) is 1. The van der Waals surface area contributed by atoms with Gasteiger partial charge in [-0.3, -0.25) is 15.0 Å². The highest BCUT2D eigenvalue weighted by atomic mass is 16.2. The molecule has 126 valence electrons.